The number of ketones is 1. The second-order valence-corrected chi connectivity index (χ2v) is 5.08. The summed E-state index contributed by atoms with van der Waals surface area (Å²) in [6.07, 6.45) is 12.0. The first-order valence-electron chi connectivity index (χ1n) is 6.57. The summed E-state index contributed by atoms with van der Waals surface area (Å²) in [5.74, 6) is 1.46. The number of carbonyl (C=O) groups is 1. The quantitative estimate of drug-likeness (QED) is 0.638. The maximum Gasteiger partial charge on any atom is 0.159 e. The van der Waals surface area contributed by atoms with Gasteiger partial charge >= 0.3 is 0 Å². The summed E-state index contributed by atoms with van der Waals surface area (Å²) in [5, 5.41) is 0. The van der Waals surface area contributed by atoms with E-state index in [9.17, 15) is 4.79 Å². The van der Waals surface area contributed by atoms with E-state index in [2.05, 4.69) is 6.92 Å². The van der Waals surface area contributed by atoms with Crippen LogP contribution in [0.5, 0.6) is 0 Å². The highest BCUT2D eigenvalue weighted by Crippen LogP contribution is 2.42. The molecular formula is C14H22O. The topological polar surface area (TPSA) is 17.1 Å². The van der Waals surface area contributed by atoms with E-state index in [1.165, 1.54) is 50.5 Å². The number of allylic oxidation sites excluding steroid dienone is 2. The zero-order chi connectivity index (χ0) is 10.7. The van der Waals surface area contributed by atoms with Crippen molar-refractivity contribution in [3.05, 3.63) is 11.6 Å². The number of rotatable bonds is 4. The van der Waals surface area contributed by atoms with Crippen molar-refractivity contribution in [2.75, 3.05) is 0 Å². The van der Waals surface area contributed by atoms with Crippen molar-refractivity contribution in [3.63, 3.8) is 0 Å². The predicted octanol–water partition coefficient (Wildman–Crippen LogP) is 3.88. The fourth-order valence-corrected chi connectivity index (χ4v) is 3.15. The summed E-state index contributed by atoms with van der Waals surface area (Å²) in [6, 6.07) is 0. The molecule has 0 aliphatic heterocycles. The normalized spacial score (nSPS) is 30.2. The van der Waals surface area contributed by atoms with E-state index in [4.69, 9.17) is 0 Å². The van der Waals surface area contributed by atoms with E-state index in [1.807, 2.05) is 6.08 Å². The van der Waals surface area contributed by atoms with E-state index in [0.29, 0.717) is 17.6 Å². The standard InChI is InChI=1S/C14H22O/c1-2-3-4-7-11-10-14(15)13-9-6-5-8-12(11)13/h10,12-13H,2-9H2,1H3/t12-,13-/m1/s1. The lowest BCUT2D eigenvalue weighted by Crippen LogP contribution is -2.21. The molecule has 0 aromatic rings. The molecule has 1 nitrogen and oxygen atoms in total. The summed E-state index contributed by atoms with van der Waals surface area (Å²) in [4.78, 5) is 11.8. The van der Waals surface area contributed by atoms with Gasteiger partial charge in [0.25, 0.3) is 0 Å². The van der Waals surface area contributed by atoms with Gasteiger partial charge in [0.05, 0.1) is 0 Å². The van der Waals surface area contributed by atoms with Crippen molar-refractivity contribution < 1.29 is 4.79 Å². The minimum atomic E-state index is 0.385. The molecule has 0 heterocycles. The lowest BCUT2D eigenvalue weighted by atomic mass is 9.77. The minimum Gasteiger partial charge on any atom is -0.295 e. The Morgan fingerprint density at radius 1 is 1.20 bits per heavy atom. The molecule has 0 aromatic carbocycles. The molecule has 15 heavy (non-hydrogen) atoms. The van der Waals surface area contributed by atoms with Gasteiger partial charge in [-0.05, 0) is 37.7 Å². The third-order valence-electron chi connectivity index (χ3n) is 4.00. The van der Waals surface area contributed by atoms with Gasteiger partial charge < -0.3 is 0 Å². The van der Waals surface area contributed by atoms with E-state index < -0.39 is 0 Å². The molecule has 0 spiro atoms. The molecule has 1 heteroatoms. The molecular weight excluding hydrogens is 184 g/mol. The highest BCUT2D eigenvalue weighted by Gasteiger charge is 2.36. The molecule has 0 radical (unpaired) electrons. The van der Waals surface area contributed by atoms with Crippen LogP contribution in [0.2, 0.25) is 0 Å². The molecule has 0 amide bonds. The van der Waals surface area contributed by atoms with Gasteiger partial charge in [-0.3, -0.25) is 4.79 Å². The molecule has 0 bridgehead atoms. The van der Waals surface area contributed by atoms with Gasteiger partial charge in [-0.1, -0.05) is 38.2 Å². The minimum absolute atomic E-state index is 0.385. The van der Waals surface area contributed by atoms with Crippen LogP contribution in [-0.2, 0) is 4.79 Å². The smallest absolute Gasteiger partial charge is 0.159 e. The van der Waals surface area contributed by atoms with Crippen molar-refractivity contribution in [3.8, 4) is 0 Å². The predicted molar refractivity (Wildman–Crippen MR) is 62.7 cm³/mol. The van der Waals surface area contributed by atoms with Crippen molar-refractivity contribution in [1.82, 2.24) is 0 Å². The average Bonchev–Trinajstić information content (AvgIpc) is 2.58. The van der Waals surface area contributed by atoms with Crippen molar-refractivity contribution >= 4 is 5.78 Å². The van der Waals surface area contributed by atoms with Crippen molar-refractivity contribution in [2.24, 2.45) is 11.8 Å². The highest BCUT2D eigenvalue weighted by molar-refractivity contribution is 5.95. The summed E-state index contributed by atoms with van der Waals surface area (Å²) in [5.41, 5.74) is 1.48. The van der Waals surface area contributed by atoms with Crippen molar-refractivity contribution in [1.29, 1.82) is 0 Å². The van der Waals surface area contributed by atoms with E-state index in [1.54, 1.807) is 0 Å². The van der Waals surface area contributed by atoms with E-state index in [0.717, 1.165) is 6.42 Å². The fraction of sp³-hybridized carbons (Fsp3) is 0.786. The molecule has 2 aliphatic rings. The molecule has 0 aromatic heterocycles. The molecule has 1 saturated carbocycles. The first-order chi connectivity index (χ1) is 7.33. The maximum absolute atomic E-state index is 11.8. The lowest BCUT2D eigenvalue weighted by molar-refractivity contribution is -0.119. The molecule has 2 aliphatic carbocycles. The zero-order valence-electron chi connectivity index (χ0n) is 9.80. The summed E-state index contributed by atoms with van der Waals surface area (Å²) >= 11 is 0. The van der Waals surface area contributed by atoms with Crippen LogP contribution in [0.15, 0.2) is 11.6 Å². The van der Waals surface area contributed by atoms with Crippen molar-refractivity contribution in [2.45, 2.75) is 58.3 Å². The molecule has 2 atom stereocenters. The van der Waals surface area contributed by atoms with Crippen LogP contribution in [-0.4, -0.2) is 5.78 Å². The molecule has 0 saturated heterocycles. The molecule has 0 unspecified atom stereocenters. The van der Waals surface area contributed by atoms with Crippen LogP contribution >= 0.6 is 0 Å². The average molecular weight is 206 g/mol. The number of unbranched alkanes of at least 4 members (excludes halogenated alkanes) is 2. The summed E-state index contributed by atoms with van der Waals surface area (Å²) < 4.78 is 0. The van der Waals surface area contributed by atoms with E-state index >= 15 is 0 Å². The van der Waals surface area contributed by atoms with Crippen LogP contribution in [0.4, 0.5) is 0 Å². The second-order valence-electron chi connectivity index (χ2n) is 5.08. The Kier molecular flexibility index (Phi) is 3.61. The molecule has 84 valence electrons. The van der Waals surface area contributed by atoms with Crippen LogP contribution in [0, 0.1) is 11.8 Å². The van der Waals surface area contributed by atoms with Gasteiger partial charge in [0.1, 0.15) is 0 Å². The Morgan fingerprint density at radius 3 is 2.67 bits per heavy atom. The van der Waals surface area contributed by atoms with Gasteiger partial charge in [0.15, 0.2) is 5.78 Å². The van der Waals surface area contributed by atoms with Crippen LogP contribution in [0.25, 0.3) is 0 Å². The monoisotopic (exact) mass is 206 g/mol. The maximum atomic E-state index is 11.8. The van der Waals surface area contributed by atoms with Gasteiger partial charge in [-0.2, -0.15) is 0 Å². The molecule has 0 N–H and O–H groups in total. The van der Waals surface area contributed by atoms with Gasteiger partial charge in [0.2, 0.25) is 0 Å². The van der Waals surface area contributed by atoms with Gasteiger partial charge in [0, 0.05) is 5.92 Å². The number of carbonyl (C=O) groups excluding carboxylic acids is 1. The Bertz CT molecular complexity index is 265. The number of hydrogen-bond donors (Lipinski definition) is 0. The zero-order valence-corrected chi connectivity index (χ0v) is 9.80. The lowest BCUT2D eigenvalue weighted by Gasteiger charge is -2.26. The number of hydrogen-bond acceptors (Lipinski definition) is 1. The Labute approximate surface area is 92.9 Å². The summed E-state index contributed by atoms with van der Waals surface area (Å²) in [6.45, 7) is 2.23. The Balaban J connectivity index is 1.93. The molecule has 1 fully saturated rings. The Morgan fingerprint density at radius 2 is 1.93 bits per heavy atom. The van der Waals surface area contributed by atoms with Gasteiger partial charge in [-0.25, -0.2) is 0 Å². The van der Waals surface area contributed by atoms with Crippen LogP contribution < -0.4 is 0 Å². The van der Waals surface area contributed by atoms with Gasteiger partial charge in [-0.15, -0.1) is 0 Å². The van der Waals surface area contributed by atoms with E-state index in [-0.39, 0.29) is 0 Å². The first kappa shape index (κ1) is 10.9. The Hall–Kier alpha value is -0.590. The largest absolute Gasteiger partial charge is 0.295 e. The fourth-order valence-electron chi connectivity index (χ4n) is 3.15. The third-order valence-corrected chi connectivity index (χ3v) is 4.00. The highest BCUT2D eigenvalue weighted by atomic mass is 16.1. The number of fused-ring (bicyclic) bond motifs is 1. The SMILES string of the molecule is CCCCCC1=CC(=O)[C@@H]2CCCC[C@H]12. The first-order valence-corrected chi connectivity index (χ1v) is 6.57. The van der Waals surface area contributed by atoms with Crippen LogP contribution in [0.1, 0.15) is 58.3 Å². The molecule has 2 rings (SSSR count). The van der Waals surface area contributed by atoms with Crippen LogP contribution in [0.3, 0.4) is 0 Å². The second kappa shape index (κ2) is 4.96. The third kappa shape index (κ3) is 2.32. The summed E-state index contributed by atoms with van der Waals surface area (Å²) in [7, 11) is 0.